The number of hydrogen-bond donors (Lipinski definition) is 5. The normalized spacial score (nSPS) is 11.5. The van der Waals surface area contributed by atoms with Crippen LogP contribution in [0.4, 0.5) is 10.6 Å². The summed E-state index contributed by atoms with van der Waals surface area (Å²) in [5, 5.41) is 14.9. The Morgan fingerprint density at radius 1 is 1.18 bits per heavy atom. The minimum absolute atomic E-state index is 0.0444. The Labute approximate surface area is 195 Å². The Kier molecular flexibility index (Phi) is 8.54. The summed E-state index contributed by atoms with van der Waals surface area (Å²) in [5.41, 5.74) is 12.6. The Bertz CT molecular complexity index is 1130. The van der Waals surface area contributed by atoms with Crippen LogP contribution in [-0.4, -0.2) is 61.8 Å². The van der Waals surface area contributed by atoms with Crippen molar-refractivity contribution < 1.29 is 19.4 Å². The Morgan fingerprint density at radius 3 is 2.71 bits per heavy atom. The molecular weight excluding hydrogens is 442 g/mol. The van der Waals surface area contributed by atoms with Crippen molar-refractivity contribution in [3.05, 3.63) is 48.5 Å². The van der Waals surface area contributed by atoms with Crippen LogP contribution >= 0.6 is 0 Å². The molecule has 0 bridgehead atoms. The lowest BCUT2D eigenvalue weighted by molar-refractivity contribution is -0.139. The van der Waals surface area contributed by atoms with Gasteiger partial charge in [-0.15, -0.1) is 0 Å². The number of aryl methyl sites for hydroxylation is 1. The van der Waals surface area contributed by atoms with Crippen LogP contribution in [0.25, 0.3) is 11.2 Å². The second-order valence-corrected chi connectivity index (χ2v) is 7.30. The highest BCUT2D eigenvalue weighted by atomic mass is 16.5. The topological polar surface area (TPSA) is 196 Å². The summed E-state index contributed by atoms with van der Waals surface area (Å²) in [4.78, 5) is 40.3. The zero-order valence-electron chi connectivity index (χ0n) is 18.4. The Hall–Kier alpha value is -4.42. The van der Waals surface area contributed by atoms with Gasteiger partial charge in [-0.2, -0.15) is 0 Å². The number of carboxylic acid groups (broad SMARTS) is 1. The lowest BCUT2D eigenvalue weighted by atomic mass is 10.2. The molecule has 0 fully saturated rings. The second-order valence-electron chi connectivity index (χ2n) is 7.30. The van der Waals surface area contributed by atoms with Gasteiger partial charge in [0.25, 0.3) is 0 Å². The largest absolute Gasteiger partial charge is 0.480 e. The van der Waals surface area contributed by atoms with Gasteiger partial charge in [-0.3, -0.25) is 4.99 Å². The van der Waals surface area contributed by atoms with Crippen molar-refractivity contribution in [3.8, 4) is 0 Å². The molecule has 3 aromatic rings. The monoisotopic (exact) mass is 469 g/mol. The molecule has 1 amide bonds. The number of guanidine groups is 1. The highest BCUT2D eigenvalue weighted by Gasteiger charge is 2.21. The maximum atomic E-state index is 12.0. The number of imidazole rings is 1. The number of nitrogens with two attached hydrogens (primary N) is 2. The van der Waals surface area contributed by atoms with E-state index in [4.69, 9.17) is 16.2 Å². The van der Waals surface area contributed by atoms with Gasteiger partial charge in [-0.05, 0) is 18.4 Å². The van der Waals surface area contributed by atoms with E-state index in [0.717, 1.165) is 5.56 Å². The standard InChI is InChI=1S/C21H27N9O4/c22-20(23)25-8-4-10-30-13-28-16-17(26-12-27-18(16)30)24-9-7-15(19(31)32)29-21(33)34-11-14-5-2-1-3-6-14/h1-3,5-6,12-13,15H,4,7-11H2,(H,29,33)(H,31,32)(H4,22,23,25)(H,24,26,27)/t15-/m0/s1. The average molecular weight is 470 g/mol. The Balaban J connectivity index is 1.52. The van der Waals surface area contributed by atoms with E-state index in [1.165, 1.54) is 6.33 Å². The SMILES string of the molecule is NC(N)=NCCCn1cnc2c(NCC[C@H](NC(=O)OCc3ccccc3)C(=O)O)ncnc21. The molecule has 2 heterocycles. The number of carboxylic acids is 1. The van der Waals surface area contributed by atoms with Crippen LogP contribution in [0.2, 0.25) is 0 Å². The van der Waals surface area contributed by atoms with Crippen LogP contribution in [0.3, 0.4) is 0 Å². The summed E-state index contributed by atoms with van der Waals surface area (Å²) in [6, 6.07) is 7.97. The quantitative estimate of drug-likeness (QED) is 0.143. The maximum Gasteiger partial charge on any atom is 0.408 e. The molecule has 2 aromatic heterocycles. The fourth-order valence-electron chi connectivity index (χ4n) is 3.12. The van der Waals surface area contributed by atoms with E-state index in [1.54, 1.807) is 18.5 Å². The molecule has 0 aliphatic rings. The molecule has 0 aliphatic heterocycles. The molecule has 0 aliphatic carbocycles. The molecule has 0 radical (unpaired) electrons. The number of nitrogens with zero attached hydrogens (tertiary/aromatic N) is 5. The number of alkyl carbamates (subject to hydrolysis) is 1. The minimum atomic E-state index is -1.17. The van der Waals surface area contributed by atoms with Crippen molar-refractivity contribution in [1.82, 2.24) is 24.8 Å². The van der Waals surface area contributed by atoms with Crippen molar-refractivity contribution in [2.75, 3.05) is 18.4 Å². The summed E-state index contributed by atoms with van der Waals surface area (Å²) in [6.45, 7) is 1.36. The molecule has 3 rings (SSSR count). The number of aromatic nitrogens is 4. The van der Waals surface area contributed by atoms with Crippen LogP contribution in [-0.2, 0) is 22.7 Å². The van der Waals surface area contributed by atoms with Gasteiger partial charge in [0, 0.05) is 19.6 Å². The number of nitrogens with one attached hydrogen (secondary N) is 2. The molecule has 0 saturated heterocycles. The first-order chi connectivity index (χ1) is 16.4. The molecule has 1 aromatic carbocycles. The second kappa shape index (κ2) is 12.0. The molecule has 0 unspecified atom stereocenters. The smallest absolute Gasteiger partial charge is 0.408 e. The van der Waals surface area contributed by atoms with Gasteiger partial charge in [-0.1, -0.05) is 30.3 Å². The molecule has 0 saturated carbocycles. The van der Waals surface area contributed by atoms with E-state index < -0.39 is 18.1 Å². The lowest BCUT2D eigenvalue weighted by Gasteiger charge is -2.15. The molecule has 13 heteroatoms. The average Bonchev–Trinajstić information content (AvgIpc) is 3.24. The fourth-order valence-corrected chi connectivity index (χ4v) is 3.12. The third-order valence-corrected chi connectivity index (χ3v) is 4.78. The van der Waals surface area contributed by atoms with E-state index in [2.05, 4.69) is 30.6 Å². The van der Waals surface area contributed by atoms with Crippen molar-refractivity contribution in [1.29, 1.82) is 0 Å². The van der Waals surface area contributed by atoms with Gasteiger partial charge in [-0.25, -0.2) is 24.5 Å². The van der Waals surface area contributed by atoms with E-state index in [0.29, 0.717) is 36.5 Å². The summed E-state index contributed by atoms with van der Waals surface area (Å²) < 4.78 is 6.95. The van der Waals surface area contributed by atoms with Crippen molar-refractivity contribution in [2.45, 2.75) is 32.0 Å². The van der Waals surface area contributed by atoms with Crippen molar-refractivity contribution >= 4 is 35.0 Å². The van der Waals surface area contributed by atoms with Crippen LogP contribution < -0.4 is 22.1 Å². The zero-order valence-corrected chi connectivity index (χ0v) is 18.4. The number of aliphatic carboxylic acids is 1. The minimum Gasteiger partial charge on any atom is -0.480 e. The highest BCUT2D eigenvalue weighted by molar-refractivity contribution is 5.83. The molecular formula is C21H27N9O4. The molecule has 1 atom stereocenters. The van der Waals surface area contributed by atoms with E-state index in [1.807, 2.05) is 22.8 Å². The Morgan fingerprint density at radius 2 is 1.97 bits per heavy atom. The van der Waals surface area contributed by atoms with Gasteiger partial charge in [0.2, 0.25) is 0 Å². The van der Waals surface area contributed by atoms with Gasteiger partial charge >= 0.3 is 12.1 Å². The zero-order chi connectivity index (χ0) is 24.3. The first kappa shape index (κ1) is 24.2. The summed E-state index contributed by atoms with van der Waals surface area (Å²) >= 11 is 0. The van der Waals surface area contributed by atoms with Crippen LogP contribution in [0.15, 0.2) is 48.0 Å². The lowest BCUT2D eigenvalue weighted by Crippen LogP contribution is -2.42. The number of benzene rings is 1. The van der Waals surface area contributed by atoms with E-state index >= 15 is 0 Å². The maximum absolute atomic E-state index is 12.0. The van der Waals surface area contributed by atoms with E-state index in [-0.39, 0.29) is 25.5 Å². The van der Waals surface area contributed by atoms with Gasteiger partial charge < -0.3 is 36.5 Å². The third-order valence-electron chi connectivity index (χ3n) is 4.78. The number of anilines is 1. The summed E-state index contributed by atoms with van der Waals surface area (Å²) in [6.07, 6.45) is 3.03. The fraction of sp³-hybridized carbons (Fsp3) is 0.333. The molecule has 180 valence electrons. The number of amides is 1. The summed E-state index contributed by atoms with van der Waals surface area (Å²) in [5.74, 6) is -0.664. The third kappa shape index (κ3) is 7.05. The molecule has 7 N–H and O–H groups in total. The molecule has 34 heavy (non-hydrogen) atoms. The highest BCUT2D eigenvalue weighted by Crippen LogP contribution is 2.17. The van der Waals surface area contributed by atoms with Crippen LogP contribution in [0.1, 0.15) is 18.4 Å². The van der Waals surface area contributed by atoms with Gasteiger partial charge in [0.1, 0.15) is 24.5 Å². The number of carbonyl (C=O) groups is 2. The number of ether oxygens (including phenoxy) is 1. The van der Waals surface area contributed by atoms with Crippen LogP contribution in [0, 0.1) is 0 Å². The molecule has 0 spiro atoms. The number of hydrogen-bond acceptors (Lipinski definition) is 8. The summed E-state index contributed by atoms with van der Waals surface area (Å²) in [7, 11) is 0. The van der Waals surface area contributed by atoms with Gasteiger partial charge in [0.15, 0.2) is 17.4 Å². The first-order valence-electron chi connectivity index (χ1n) is 10.6. The van der Waals surface area contributed by atoms with Crippen molar-refractivity contribution in [3.63, 3.8) is 0 Å². The predicted octanol–water partition coefficient (Wildman–Crippen LogP) is 0.671. The first-order valence-corrected chi connectivity index (χ1v) is 10.6. The van der Waals surface area contributed by atoms with E-state index in [9.17, 15) is 14.7 Å². The van der Waals surface area contributed by atoms with Crippen molar-refractivity contribution in [2.24, 2.45) is 16.5 Å². The number of carbonyl (C=O) groups excluding carboxylic acids is 1. The van der Waals surface area contributed by atoms with Crippen LogP contribution in [0.5, 0.6) is 0 Å². The number of rotatable bonds is 12. The van der Waals surface area contributed by atoms with Gasteiger partial charge in [0.05, 0.1) is 6.33 Å². The molecule has 13 nitrogen and oxygen atoms in total. The predicted molar refractivity (Wildman–Crippen MR) is 125 cm³/mol. The number of aliphatic imine (C=N–C) groups is 1. The number of fused-ring (bicyclic) bond motifs is 1.